The lowest BCUT2D eigenvalue weighted by atomic mass is 9.77. The fourth-order valence-electron chi connectivity index (χ4n) is 3.66. The van der Waals surface area contributed by atoms with Crippen LogP contribution in [0.15, 0.2) is 35.0 Å². The molecular formula is C18H24N4O3. The average molecular weight is 344 g/mol. The SMILES string of the molecule is Cc1nonc1CC(=O)N1CC[C@@](c2ccccc2)(N(C)C)[C@H](O)C1. The molecule has 3 rings (SSSR count). The van der Waals surface area contributed by atoms with E-state index in [0.29, 0.717) is 24.4 Å². The smallest absolute Gasteiger partial charge is 0.228 e. The van der Waals surface area contributed by atoms with E-state index in [1.807, 2.05) is 44.4 Å². The minimum absolute atomic E-state index is 0.0710. The summed E-state index contributed by atoms with van der Waals surface area (Å²) in [4.78, 5) is 16.3. The van der Waals surface area contributed by atoms with E-state index in [2.05, 4.69) is 19.8 Å². The van der Waals surface area contributed by atoms with Crippen LogP contribution >= 0.6 is 0 Å². The van der Waals surface area contributed by atoms with E-state index < -0.39 is 11.6 Å². The predicted octanol–water partition coefficient (Wildman–Crippen LogP) is 0.971. The minimum atomic E-state index is -0.681. The van der Waals surface area contributed by atoms with Crippen LogP contribution in [0.5, 0.6) is 0 Å². The summed E-state index contributed by atoms with van der Waals surface area (Å²) in [5, 5.41) is 18.4. The molecule has 1 amide bonds. The summed E-state index contributed by atoms with van der Waals surface area (Å²) in [6.07, 6.45) is 0.120. The molecule has 1 aromatic carbocycles. The molecule has 2 atom stereocenters. The molecule has 0 spiro atoms. The van der Waals surface area contributed by atoms with Crippen LogP contribution in [-0.2, 0) is 16.8 Å². The number of hydrogen-bond acceptors (Lipinski definition) is 6. The molecule has 25 heavy (non-hydrogen) atoms. The number of aromatic nitrogens is 2. The first-order chi connectivity index (χ1) is 11.9. The molecule has 0 aliphatic carbocycles. The molecule has 0 saturated carbocycles. The van der Waals surface area contributed by atoms with Crippen LogP contribution in [0, 0.1) is 6.92 Å². The molecule has 1 N–H and O–H groups in total. The van der Waals surface area contributed by atoms with Crippen molar-refractivity contribution in [2.24, 2.45) is 0 Å². The van der Waals surface area contributed by atoms with Crippen LogP contribution in [0.2, 0.25) is 0 Å². The van der Waals surface area contributed by atoms with Crippen molar-refractivity contribution in [1.29, 1.82) is 0 Å². The average Bonchev–Trinajstić information content (AvgIpc) is 3.00. The van der Waals surface area contributed by atoms with Gasteiger partial charge in [0, 0.05) is 13.1 Å². The normalized spacial score (nSPS) is 23.9. The van der Waals surface area contributed by atoms with E-state index in [9.17, 15) is 9.90 Å². The van der Waals surface area contributed by atoms with Gasteiger partial charge in [0.1, 0.15) is 11.4 Å². The highest BCUT2D eigenvalue weighted by Crippen LogP contribution is 2.37. The van der Waals surface area contributed by atoms with Crippen LogP contribution < -0.4 is 0 Å². The number of aliphatic hydroxyl groups is 1. The van der Waals surface area contributed by atoms with Crippen molar-refractivity contribution in [3.05, 3.63) is 47.3 Å². The van der Waals surface area contributed by atoms with Crippen molar-refractivity contribution < 1.29 is 14.5 Å². The Morgan fingerprint density at radius 3 is 2.64 bits per heavy atom. The van der Waals surface area contributed by atoms with Crippen molar-refractivity contribution in [3.8, 4) is 0 Å². The lowest BCUT2D eigenvalue weighted by Crippen LogP contribution is -2.61. The van der Waals surface area contributed by atoms with Gasteiger partial charge in [-0.2, -0.15) is 0 Å². The molecule has 0 bridgehead atoms. The Labute approximate surface area is 147 Å². The second kappa shape index (κ2) is 6.93. The molecular weight excluding hydrogens is 320 g/mol. The molecule has 1 aliphatic rings. The summed E-state index contributed by atoms with van der Waals surface area (Å²) >= 11 is 0. The van der Waals surface area contributed by atoms with Gasteiger partial charge in [0.2, 0.25) is 5.91 Å². The Kier molecular flexibility index (Phi) is 4.87. The highest BCUT2D eigenvalue weighted by Gasteiger charge is 2.46. The largest absolute Gasteiger partial charge is 0.389 e. The van der Waals surface area contributed by atoms with E-state index in [1.165, 1.54) is 0 Å². The van der Waals surface area contributed by atoms with E-state index in [0.717, 1.165) is 5.56 Å². The third-order valence-electron chi connectivity index (χ3n) is 5.20. The van der Waals surface area contributed by atoms with Crippen LogP contribution in [0.3, 0.4) is 0 Å². The third kappa shape index (κ3) is 3.17. The monoisotopic (exact) mass is 344 g/mol. The molecule has 1 aromatic heterocycles. The maximum atomic E-state index is 12.6. The topological polar surface area (TPSA) is 82.7 Å². The van der Waals surface area contributed by atoms with E-state index in [4.69, 9.17) is 0 Å². The van der Waals surface area contributed by atoms with Gasteiger partial charge in [-0.1, -0.05) is 40.6 Å². The fraction of sp³-hybridized carbons (Fsp3) is 0.500. The van der Waals surface area contributed by atoms with Gasteiger partial charge < -0.3 is 10.0 Å². The maximum Gasteiger partial charge on any atom is 0.228 e. The zero-order chi connectivity index (χ0) is 18.0. The van der Waals surface area contributed by atoms with Gasteiger partial charge >= 0.3 is 0 Å². The van der Waals surface area contributed by atoms with Gasteiger partial charge in [-0.05, 0) is 33.0 Å². The number of benzene rings is 1. The van der Waals surface area contributed by atoms with E-state index in [1.54, 1.807) is 11.8 Å². The minimum Gasteiger partial charge on any atom is -0.389 e. The number of likely N-dealkylation sites (tertiary alicyclic amines) is 1. The fourth-order valence-corrected chi connectivity index (χ4v) is 3.66. The number of aryl methyl sites for hydroxylation is 1. The van der Waals surface area contributed by atoms with Crippen LogP contribution in [-0.4, -0.2) is 64.4 Å². The van der Waals surface area contributed by atoms with Crippen molar-refractivity contribution in [2.45, 2.75) is 31.4 Å². The molecule has 7 heteroatoms. The van der Waals surface area contributed by atoms with Crippen LogP contribution in [0.1, 0.15) is 23.4 Å². The standard InChI is InChI=1S/C18H24N4O3/c1-13-15(20-25-19-13)11-17(24)22-10-9-18(21(2)3,16(23)12-22)14-7-5-4-6-8-14/h4-8,16,23H,9-12H2,1-3H3/t16-,18+/m1/s1. The lowest BCUT2D eigenvalue weighted by Gasteiger charge is -2.49. The van der Waals surface area contributed by atoms with Gasteiger partial charge in [-0.3, -0.25) is 9.69 Å². The number of piperidine rings is 1. The second-order valence-corrected chi connectivity index (χ2v) is 6.76. The zero-order valence-electron chi connectivity index (χ0n) is 14.8. The summed E-state index contributed by atoms with van der Waals surface area (Å²) in [6, 6.07) is 9.98. The number of hydrogen-bond donors (Lipinski definition) is 1. The predicted molar refractivity (Wildman–Crippen MR) is 91.7 cm³/mol. The molecule has 2 heterocycles. The molecule has 1 aliphatic heterocycles. The van der Waals surface area contributed by atoms with Gasteiger partial charge in [0.05, 0.1) is 18.1 Å². The Morgan fingerprint density at radius 2 is 2.08 bits per heavy atom. The summed E-state index contributed by atoms with van der Waals surface area (Å²) in [5.41, 5.74) is 1.74. The lowest BCUT2D eigenvalue weighted by molar-refractivity contribution is -0.140. The highest BCUT2D eigenvalue weighted by atomic mass is 16.6. The van der Waals surface area contributed by atoms with Crippen molar-refractivity contribution in [3.63, 3.8) is 0 Å². The van der Waals surface area contributed by atoms with Gasteiger partial charge in [0.25, 0.3) is 0 Å². The maximum absolute atomic E-state index is 12.6. The zero-order valence-corrected chi connectivity index (χ0v) is 14.8. The van der Waals surface area contributed by atoms with Crippen molar-refractivity contribution >= 4 is 5.91 Å². The molecule has 0 radical (unpaired) electrons. The van der Waals surface area contributed by atoms with E-state index in [-0.39, 0.29) is 18.9 Å². The number of rotatable bonds is 4. The molecule has 134 valence electrons. The quantitative estimate of drug-likeness (QED) is 0.890. The number of likely N-dealkylation sites (N-methyl/N-ethyl adjacent to an activating group) is 1. The Balaban J connectivity index is 1.77. The molecule has 2 aromatic rings. The Hall–Kier alpha value is -2.25. The van der Waals surface area contributed by atoms with Gasteiger partial charge in [0.15, 0.2) is 0 Å². The van der Waals surface area contributed by atoms with Crippen molar-refractivity contribution in [2.75, 3.05) is 27.2 Å². The van der Waals surface area contributed by atoms with Gasteiger partial charge in [-0.15, -0.1) is 0 Å². The first-order valence-electron chi connectivity index (χ1n) is 8.42. The molecule has 1 saturated heterocycles. The summed E-state index contributed by atoms with van der Waals surface area (Å²) in [5.74, 6) is -0.0710. The summed E-state index contributed by atoms with van der Waals surface area (Å²) in [6.45, 7) is 2.63. The number of amides is 1. The molecule has 1 fully saturated rings. The number of aliphatic hydroxyl groups excluding tert-OH is 1. The third-order valence-corrected chi connectivity index (χ3v) is 5.20. The number of β-amino-alcohol motifs (C(OH)–C–C–N with tert-alkyl or cyclic N) is 1. The van der Waals surface area contributed by atoms with Crippen LogP contribution in [0.25, 0.3) is 0 Å². The highest BCUT2D eigenvalue weighted by molar-refractivity contribution is 5.78. The first-order valence-corrected chi connectivity index (χ1v) is 8.42. The molecule has 7 nitrogen and oxygen atoms in total. The Morgan fingerprint density at radius 1 is 1.36 bits per heavy atom. The second-order valence-electron chi connectivity index (χ2n) is 6.76. The first kappa shape index (κ1) is 17.6. The van der Waals surface area contributed by atoms with Crippen LogP contribution in [0.4, 0.5) is 0 Å². The van der Waals surface area contributed by atoms with E-state index >= 15 is 0 Å². The van der Waals surface area contributed by atoms with Crippen molar-refractivity contribution in [1.82, 2.24) is 20.1 Å². The number of carbonyl (C=O) groups excluding carboxylic acids is 1. The Bertz CT molecular complexity index is 731. The molecule has 0 unspecified atom stereocenters. The summed E-state index contributed by atoms with van der Waals surface area (Å²) in [7, 11) is 3.94. The summed E-state index contributed by atoms with van der Waals surface area (Å²) < 4.78 is 4.65. The van der Waals surface area contributed by atoms with Gasteiger partial charge in [-0.25, -0.2) is 4.63 Å². The number of carbonyl (C=O) groups is 1. The number of nitrogens with zero attached hydrogens (tertiary/aromatic N) is 4.